The Hall–Kier alpha value is -1.93. The molecule has 0 atom stereocenters. The number of rotatable bonds is 3. The van der Waals surface area contributed by atoms with Gasteiger partial charge in [0.25, 0.3) is 0 Å². The molecule has 2 heterocycles. The zero-order valence-electron chi connectivity index (χ0n) is 12.4. The van der Waals surface area contributed by atoms with Gasteiger partial charge in [0, 0.05) is 25.5 Å². The molecule has 1 saturated carbocycles. The predicted molar refractivity (Wildman–Crippen MR) is 83.8 cm³/mol. The third kappa shape index (κ3) is 2.71. The minimum absolute atomic E-state index is 0.0496. The van der Waals surface area contributed by atoms with Crippen molar-refractivity contribution in [1.29, 1.82) is 5.26 Å². The molecule has 1 fully saturated rings. The summed E-state index contributed by atoms with van der Waals surface area (Å²) >= 11 is 6.01. The standard InChI is InChI=1S/C16H17ClN4O/c1-10(22)16-20-13-9-19-15(17)8-14(13)21(16)12-4-2-11(3-5-12)6-7-18/h8-9,11-12H,2-6H2,1H3. The average Bonchev–Trinajstić information content (AvgIpc) is 2.87. The Morgan fingerprint density at radius 3 is 2.82 bits per heavy atom. The molecule has 0 unspecified atom stereocenters. The van der Waals surface area contributed by atoms with Gasteiger partial charge in [0.15, 0.2) is 11.6 Å². The first-order valence-electron chi connectivity index (χ1n) is 7.51. The number of halogens is 1. The fourth-order valence-corrected chi connectivity index (χ4v) is 3.48. The van der Waals surface area contributed by atoms with E-state index in [1.807, 2.05) is 4.57 Å². The lowest BCUT2D eigenvalue weighted by Gasteiger charge is -2.29. The van der Waals surface area contributed by atoms with E-state index in [-0.39, 0.29) is 11.8 Å². The van der Waals surface area contributed by atoms with Gasteiger partial charge in [-0.1, -0.05) is 11.6 Å². The largest absolute Gasteiger partial charge is 0.318 e. The molecule has 5 nitrogen and oxygen atoms in total. The van der Waals surface area contributed by atoms with Gasteiger partial charge >= 0.3 is 0 Å². The molecular weight excluding hydrogens is 300 g/mol. The highest BCUT2D eigenvalue weighted by atomic mass is 35.5. The van der Waals surface area contributed by atoms with E-state index in [2.05, 4.69) is 16.0 Å². The number of ketones is 1. The van der Waals surface area contributed by atoms with Gasteiger partial charge < -0.3 is 4.57 Å². The first-order valence-corrected chi connectivity index (χ1v) is 7.89. The molecule has 22 heavy (non-hydrogen) atoms. The Labute approximate surface area is 133 Å². The van der Waals surface area contributed by atoms with Crippen molar-refractivity contribution in [3.8, 4) is 6.07 Å². The van der Waals surface area contributed by atoms with Crippen LogP contribution in [0.25, 0.3) is 11.0 Å². The van der Waals surface area contributed by atoms with Gasteiger partial charge in [0.05, 0.1) is 17.8 Å². The normalized spacial score (nSPS) is 21.7. The zero-order valence-corrected chi connectivity index (χ0v) is 13.2. The fourth-order valence-electron chi connectivity index (χ4n) is 3.33. The molecule has 2 aromatic heterocycles. The van der Waals surface area contributed by atoms with Crippen molar-refractivity contribution in [1.82, 2.24) is 14.5 Å². The summed E-state index contributed by atoms with van der Waals surface area (Å²) in [4.78, 5) is 20.4. The zero-order chi connectivity index (χ0) is 15.7. The molecule has 2 aromatic rings. The summed E-state index contributed by atoms with van der Waals surface area (Å²) in [6, 6.07) is 4.26. The number of carbonyl (C=O) groups excluding carboxylic acids is 1. The van der Waals surface area contributed by atoms with Gasteiger partial charge in [-0.25, -0.2) is 9.97 Å². The molecule has 0 aromatic carbocycles. The van der Waals surface area contributed by atoms with Crippen molar-refractivity contribution >= 4 is 28.4 Å². The Kier molecular flexibility index (Phi) is 4.12. The number of carbonyl (C=O) groups is 1. The lowest BCUT2D eigenvalue weighted by atomic mass is 9.84. The van der Waals surface area contributed by atoms with Crippen LogP contribution in [0.2, 0.25) is 5.15 Å². The summed E-state index contributed by atoms with van der Waals surface area (Å²) in [6.07, 6.45) is 6.16. The minimum atomic E-state index is -0.0496. The number of hydrogen-bond acceptors (Lipinski definition) is 4. The third-order valence-electron chi connectivity index (χ3n) is 4.42. The molecule has 1 aliphatic rings. The molecule has 6 heteroatoms. The number of pyridine rings is 1. The van der Waals surface area contributed by atoms with Gasteiger partial charge in [0.2, 0.25) is 0 Å². The van der Waals surface area contributed by atoms with E-state index in [1.54, 1.807) is 12.3 Å². The summed E-state index contributed by atoms with van der Waals surface area (Å²) in [7, 11) is 0. The van der Waals surface area contributed by atoms with Gasteiger partial charge in [-0.3, -0.25) is 4.79 Å². The average molecular weight is 317 g/mol. The molecule has 0 spiro atoms. The number of nitrogens with zero attached hydrogens (tertiary/aromatic N) is 4. The van der Waals surface area contributed by atoms with E-state index >= 15 is 0 Å². The first-order chi connectivity index (χ1) is 10.6. The molecule has 0 radical (unpaired) electrons. The van der Waals surface area contributed by atoms with E-state index in [4.69, 9.17) is 16.9 Å². The smallest absolute Gasteiger partial charge is 0.195 e. The monoisotopic (exact) mass is 316 g/mol. The second kappa shape index (κ2) is 6.05. The summed E-state index contributed by atoms with van der Waals surface area (Å²) in [5.41, 5.74) is 1.57. The van der Waals surface area contributed by atoms with Crippen LogP contribution in [0.4, 0.5) is 0 Å². The lowest BCUT2D eigenvalue weighted by Crippen LogP contribution is -2.21. The van der Waals surface area contributed by atoms with Gasteiger partial charge in [-0.05, 0) is 31.6 Å². The van der Waals surface area contributed by atoms with Crippen molar-refractivity contribution in [3.05, 3.63) is 23.2 Å². The van der Waals surface area contributed by atoms with Crippen molar-refractivity contribution in [2.75, 3.05) is 0 Å². The van der Waals surface area contributed by atoms with Crippen molar-refractivity contribution in [2.24, 2.45) is 5.92 Å². The van der Waals surface area contributed by atoms with Crippen LogP contribution in [-0.4, -0.2) is 20.3 Å². The third-order valence-corrected chi connectivity index (χ3v) is 4.63. The maximum Gasteiger partial charge on any atom is 0.195 e. The predicted octanol–water partition coefficient (Wildman–Crippen LogP) is 3.93. The second-order valence-electron chi connectivity index (χ2n) is 5.89. The number of nitriles is 1. The first kappa shape index (κ1) is 15.0. The summed E-state index contributed by atoms with van der Waals surface area (Å²) in [5.74, 6) is 0.899. The van der Waals surface area contributed by atoms with E-state index < -0.39 is 0 Å². The lowest BCUT2D eigenvalue weighted by molar-refractivity contribution is 0.0995. The molecule has 0 saturated heterocycles. The van der Waals surface area contributed by atoms with Crippen molar-refractivity contribution < 1.29 is 4.79 Å². The van der Waals surface area contributed by atoms with Gasteiger partial charge in [0.1, 0.15) is 10.7 Å². The Morgan fingerprint density at radius 2 is 2.18 bits per heavy atom. The molecule has 114 valence electrons. The van der Waals surface area contributed by atoms with E-state index in [0.29, 0.717) is 28.8 Å². The van der Waals surface area contributed by atoms with Gasteiger partial charge in [-0.2, -0.15) is 5.26 Å². The van der Waals surface area contributed by atoms with Crippen LogP contribution in [0.1, 0.15) is 55.7 Å². The number of Topliss-reactive ketones (excluding diaryl/α,β-unsaturated/α-hetero) is 1. The summed E-state index contributed by atoms with van der Waals surface area (Å²) in [6.45, 7) is 1.54. The number of hydrogen-bond donors (Lipinski definition) is 0. The molecule has 3 rings (SSSR count). The van der Waals surface area contributed by atoms with Crippen LogP contribution < -0.4 is 0 Å². The van der Waals surface area contributed by atoms with Crippen LogP contribution in [0.3, 0.4) is 0 Å². The Morgan fingerprint density at radius 1 is 1.45 bits per heavy atom. The van der Waals surface area contributed by atoms with Crippen LogP contribution in [-0.2, 0) is 0 Å². The SMILES string of the molecule is CC(=O)c1nc2cnc(Cl)cc2n1C1CCC(CC#N)CC1. The van der Waals surface area contributed by atoms with Crippen molar-refractivity contribution in [2.45, 2.75) is 45.1 Å². The molecule has 0 aliphatic heterocycles. The maximum absolute atomic E-state index is 12.0. The molecule has 0 N–H and O–H groups in total. The number of aromatic nitrogens is 3. The Bertz CT molecular complexity index is 753. The van der Waals surface area contributed by atoms with Crippen LogP contribution in [0.15, 0.2) is 12.3 Å². The number of imidazole rings is 1. The maximum atomic E-state index is 12.0. The number of fused-ring (bicyclic) bond motifs is 1. The van der Waals surface area contributed by atoms with E-state index in [0.717, 1.165) is 31.2 Å². The van der Waals surface area contributed by atoms with Crippen LogP contribution in [0, 0.1) is 17.2 Å². The highest BCUT2D eigenvalue weighted by molar-refractivity contribution is 6.30. The minimum Gasteiger partial charge on any atom is -0.318 e. The summed E-state index contributed by atoms with van der Waals surface area (Å²) in [5, 5.41) is 9.23. The fraction of sp³-hybridized carbons (Fsp3) is 0.500. The topological polar surface area (TPSA) is 71.6 Å². The van der Waals surface area contributed by atoms with Crippen molar-refractivity contribution in [3.63, 3.8) is 0 Å². The quantitative estimate of drug-likeness (QED) is 0.635. The summed E-state index contributed by atoms with van der Waals surface area (Å²) < 4.78 is 2.02. The Balaban J connectivity index is 1.99. The van der Waals surface area contributed by atoms with E-state index in [1.165, 1.54) is 6.92 Å². The van der Waals surface area contributed by atoms with Crippen LogP contribution >= 0.6 is 11.6 Å². The molecule has 1 aliphatic carbocycles. The molecule has 0 bridgehead atoms. The molecular formula is C16H17ClN4O. The molecule has 0 amide bonds. The second-order valence-corrected chi connectivity index (χ2v) is 6.28. The highest BCUT2D eigenvalue weighted by Crippen LogP contribution is 2.36. The van der Waals surface area contributed by atoms with Gasteiger partial charge in [-0.15, -0.1) is 0 Å². The highest BCUT2D eigenvalue weighted by Gasteiger charge is 2.27. The van der Waals surface area contributed by atoms with Crippen LogP contribution in [0.5, 0.6) is 0 Å². The van der Waals surface area contributed by atoms with E-state index in [9.17, 15) is 4.79 Å².